The van der Waals surface area contributed by atoms with Crippen LogP contribution >= 0.6 is 0 Å². The molecular weight excluding hydrogens is 250 g/mol. The van der Waals surface area contributed by atoms with Crippen LogP contribution in [0.25, 0.3) is 0 Å². The summed E-state index contributed by atoms with van der Waals surface area (Å²) < 4.78 is 10.6. The van der Waals surface area contributed by atoms with Crippen LogP contribution in [-0.4, -0.2) is 20.8 Å². The van der Waals surface area contributed by atoms with Gasteiger partial charge in [-0.1, -0.05) is 45.4 Å². The number of hydrogen-bond acceptors (Lipinski definition) is 3. The predicted molar refractivity (Wildman–Crippen MR) is 86.0 cm³/mol. The fraction of sp³-hybridized carbons (Fsp3) is 0.647. The van der Waals surface area contributed by atoms with Crippen molar-refractivity contribution < 1.29 is 9.47 Å². The SMILES string of the molecule is CCCCCCCCCNc1cc(OC)ccc1OC. The maximum Gasteiger partial charge on any atom is 0.142 e. The Morgan fingerprint density at radius 2 is 1.60 bits per heavy atom. The number of anilines is 1. The van der Waals surface area contributed by atoms with E-state index in [1.54, 1.807) is 14.2 Å². The van der Waals surface area contributed by atoms with E-state index in [9.17, 15) is 0 Å². The van der Waals surface area contributed by atoms with Gasteiger partial charge in [-0.2, -0.15) is 0 Å². The molecule has 0 amide bonds. The van der Waals surface area contributed by atoms with Crippen LogP contribution in [0.3, 0.4) is 0 Å². The van der Waals surface area contributed by atoms with Gasteiger partial charge in [-0.05, 0) is 18.6 Å². The molecule has 0 atom stereocenters. The van der Waals surface area contributed by atoms with E-state index in [2.05, 4.69) is 12.2 Å². The summed E-state index contributed by atoms with van der Waals surface area (Å²) in [5.74, 6) is 1.72. The summed E-state index contributed by atoms with van der Waals surface area (Å²) >= 11 is 0. The average Bonchev–Trinajstić information content (AvgIpc) is 2.49. The van der Waals surface area contributed by atoms with Crippen LogP contribution in [0.15, 0.2) is 18.2 Å². The second-order valence-electron chi connectivity index (χ2n) is 5.11. The largest absolute Gasteiger partial charge is 0.497 e. The van der Waals surface area contributed by atoms with Crippen molar-refractivity contribution in [2.24, 2.45) is 0 Å². The highest BCUT2D eigenvalue weighted by molar-refractivity contribution is 5.59. The number of rotatable bonds is 11. The summed E-state index contributed by atoms with van der Waals surface area (Å²) in [5.41, 5.74) is 1.01. The van der Waals surface area contributed by atoms with Gasteiger partial charge in [0.05, 0.1) is 19.9 Å². The predicted octanol–water partition coefficient (Wildman–Crippen LogP) is 4.87. The minimum absolute atomic E-state index is 0.855. The van der Waals surface area contributed by atoms with Crippen molar-refractivity contribution in [1.82, 2.24) is 0 Å². The molecule has 0 bridgehead atoms. The van der Waals surface area contributed by atoms with Gasteiger partial charge < -0.3 is 14.8 Å². The molecule has 0 fully saturated rings. The maximum atomic E-state index is 5.35. The van der Waals surface area contributed by atoms with Gasteiger partial charge in [0.1, 0.15) is 11.5 Å². The number of benzene rings is 1. The van der Waals surface area contributed by atoms with Gasteiger partial charge in [0.25, 0.3) is 0 Å². The van der Waals surface area contributed by atoms with Crippen LogP contribution in [0, 0.1) is 0 Å². The van der Waals surface area contributed by atoms with Crippen LogP contribution in [0.4, 0.5) is 5.69 Å². The second kappa shape index (κ2) is 10.4. The molecule has 0 saturated heterocycles. The molecule has 0 unspecified atom stereocenters. The minimum Gasteiger partial charge on any atom is -0.497 e. The third-order valence-corrected chi connectivity index (χ3v) is 3.50. The van der Waals surface area contributed by atoms with E-state index in [4.69, 9.17) is 9.47 Å². The molecule has 3 heteroatoms. The molecule has 1 aromatic rings. The van der Waals surface area contributed by atoms with E-state index in [1.807, 2.05) is 18.2 Å². The number of hydrogen-bond donors (Lipinski definition) is 1. The van der Waals surface area contributed by atoms with Crippen molar-refractivity contribution >= 4 is 5.69 Å². The van der Waals surface area contributed by atoms with Gasteiger partial charge in [-0.3, -0.25) is 0 Å². The third-order valence-electron chi connectivity index (χ3n) is 3.50. The van der Waals surface area contributed by atoms with Crippen molar-refractivity contribution in [3.05, 3.63) is 18.2 Å². The normalized spacial score (nSPS) is 10.3. The molecule has 1 N–H and O–H groups in total. The summed E-state index contributed by atoms with van der Waals surface area (Å²) in [6.45, 7) is 3.24. The lowest BCUT2D eigenvalue weighted by atomic mass is 10.1. The highest BCUT2D eigenvalue weighted by atomic mass is 16.5. The molecule has 0 radical (unpaired) electrons. The average molecular weight is 279 g/mol. The summed E-state index contributed by atoms with van der Waals surface area (Å²) in [6, 6.07) is 5.84. The Morgan fingerprint density at radius 1 is 0.900 bits per heavy atom. The number of ether oxygens (including phenoxy) is 2. The zero-order valence-corrected chi connectivity index (χ0v) is 13.2. The fourth-order valence-corrected chi connectivity index (χ4v) is 2.26. The topological polar surface area (TPSA) is 30.5 Å². The summed E-state index contributed by atoms with van der Waals surface area (Å²) in [4.78, 5) is 0. The number of methoxy groups -OCH3 is 2. The van der Waals surface area contributed by atoms with Gasteiger partial charge >= 0.3 is 0 Å². The molecule has 0 saturated carbocycles. The van der Waals surface area contributed by atoms with Crippen LogP contribution in [0.2, 0.25) is 0 Å². The standard InChI is InChI=1S/C17H29NO2/c1-4-5-6-7-8-9-10-13-18-16-14-15(19-2)11-12-17(16)20-3/h11-12,14,18H,4-10,13H2,1-3H3. The Kier molecular flexibility index (Phi) is 8.68. The number of nitrogens with one attached hydrogen (secondary N) is 1. The van der Waals surface area contributed by atoms with E-state index < -0.39 is 0 Å². The lowest BCUT2D eigenvalue weighted by molar-refractivity contribution is 0.404. The molecule has 0 aliphatic carbocycles. The zero-order valence-electron chi connectivity index (χ0n) is 13.2. The first kappa shape index (κ1) is 16.7. The molecule has 3 nitrogen and oxygen atoms in total. The summed E-state index contributed by atoms with van der Waals surface area (Å²) in [6.07, 6.45) is 9.28. The molecule has 1 aromatic carbocycles. The quantitative estimate of drug-likeness (QED) is 0.586. The smallest absolute Gasteiger partial charge is 0.142 e. The highest BCUT2D eigenvalue weighted by Crippen LogP contribution is 2.28. The van der Waals surface area contributed by atoms with E-state index in [0.717, 1.165) is 23.7 Å². The first-order valence-corrected chi connectivity index (χ1v) is 7.77. The zero-order chi connectivity index (χ0) is 14.6. The van der Waals surface area contributed by atoms with E-state index >= 15 is 0 Å². The first-order valence-electron chi connectivity index (χ1n) is 7.77. The molecule has 0 aliphatic rings. The highest BCUT2D eigenvalue weighted by Gasteiger charge is 2.03. The lowest BCUT2D eigenvalue weighted by Gasteiger charge is -2.12. The molecule has 0 aromatic heterocycles. The van der Waals surface area contributed by atoms with Gasteiger partial charge in [-0.15, -0.1) is 0 Å². The van der Waals surface area contributed by atoms with Gasteiger partial charge in [-0.25, -0.2) is 0 Å². The first-order chi connectivity index (χ1) is 9.81. The van der Waals surface area contributed by atoms with Gasteiger partial charge in [0.15, 0.2) is 0 Å². The van der Waals surface area contributed by atoms with Crippen LogP contribution in [-0.2, 0) is 0 Å². The maximum absolute atomic E-state index is 5.35. The molecular formula is C17H29NO2. The van der Waals surface area contributed by atoms with Crippen LogP contribution in [0.5, 0.6) is 11.5 Å². The van der Waals surface area contributed by atoms with Crippen molar-refractivity contribution in [2.75, 3.05) is 26.1 Å². The van der Waals surface area contributed by atoms with Crippen molar-refractivity contribution in [3.63, 3.8) is 0 Å². The monoisotopic (exact) mass is 279 g/mol. The van der Waals surface area contributed by atoms with E-state index in [1.165, 1.54) is 44.9 Å². The van der Waals surface area contributed by atoms with Crippen molar-refractivity contribution in [3.8, 4) is 11.5 Å². The Hall–Kier alpha value is -1.38. The van der Waals surface area contributed by atoms with Gasteiger partial charge in [0, 0.05) is 12.6 Å². The van der Waals surface area contributed by atoms with Gasteiger partial charge in [0.2, 0.25) is 0 Å². The van der Waals surface area contributed by atoms with Crippen LogP contribution < -0.4 is 14.8 Å². The molecule has 114 valence electrons. The Morgan fingerprint density at radius 3 is 2.25 bits per heavy atom. The fourth-order valence-electron chi connectivity index (χ4n) is 2.26. The minimum atomic E-state index is 0.855. The Labute approximate surface area is 123 Å². The van der Waals surface area contributed by atoms with E-state index in [0.29, 0.717) is 0 Å². The molecule has 0 aliphatic heterocycles. The summed E-state index contributed by atoms with van der Waals surface area (Å²) in [5, 5.41) is 3.44. The molecule has 0 spiro atoms. The van der Waals surface area contributed by atoms with Crippen LogP contribution in [0.1, 0.15) is 51.9 Å². The molecule has 1 rings (SSSR count). The van der Waals surface area contributed by atoms with Crippen molar-refractivity contribution in [1.29, 1.82) is 0 Å². The Balaban J connectivity index is 2.24. The van der Waals surface area contributed by atoms with Crippen molar-refractivity contribution in [2.45, 2.75) is 51.9 Å². The second-order valence-corrected chi connectivity index (χ2v) is 5.11. The third kappa shape index (κ3) is 6.18. The molecule has 20 heavy (non-hydrogen) atoms. The number of unbranched alkanes of at least 4 members (excludes halogenated alkanes) is 6. The Bertz CT molecular complexity index is 366. The summed E-state index contributed by atoms with van der Waals surface area (Å²) in [7, 11) is 3.38. The lowest BCUT2D eigenvalue weighted by Crippen LogP contribution is -2.03. The van der Waals surface area contributed by atoms with E-state index in [-0.39, 0.29) is 0 Å². The molecule has 0 heterocycles.